The van der Waals surface area contributed by atoms with Crippen LogP contribution in [0.2, 0.25) is 0 Å². The number of rotatable bonds is 4. The Morgan fingerprint density at radius 3 is 2.47 bits per heavy atom. The average molecular weight is 269 g/mol. The summed E-state index contributed by atoms with van der Waals surface area (Å²) in [7, 11) is 1.61. The molecule has 0 bridgehead atoms. The number of nitrogens with one attached hydrogen (secondary N) is 2. The Hall–Kier alpha value is -1.10. The second kappa shape index (κ2) is 6.37. The van der Waals surface area contributed by atoms with E-state index >= 15 is 0 Å². The minimum Gasteiger partial charge on any atom is -0.359 e. The van der Waals surface area contributed by atoms with Gasteiger partial charge in [0.15, 0.2) is 0 Å². The van der Waals surface area contributed by atoms with Crippen molar-refractivity contribution < 1.29 is 9.59 Å². The van der Waals surface area contributed by atoms with Gasteiger partial charge in [0, 0.05) is 25.6 Å². The Labute approximate surface area is 115 Å². The molecule has 1 rings (SSSR count). The van der Waals surface area contributed by atoms with Gasteiger partial charge in [0.25, 0.3) is 0 Å². The minimum atomic E-state index is -0.585. The van der Waals surface area contributed by atoms with Crippen LogP contribution >= 0.6 is 0 Å². The standard InChI is InChI=1S/C14H27N3O2/c1-9-7-10(15)5-6-11(9)12(18)17-8-14(2,3)13(19)16-4/h9-11H,5-8,15H2,1-4H3,(H,16,19)(H,17,18). The van der Waals surface area contributed by atoms with Crippen molar-refractivity contribution in [1.82, 2.24) is 10.6 Å². The third kappa shape index (κ3) is 4.20. The average Bonchev–Trinajstić information content (AvgIpc) is 2.35. The van der Waals surface area contributed by atoms with Crippen molar-refractivity contribution in [3.05, 3.63) is 0 Å². The molecule has 1 aliphatic rings. The predicted octanol–water partition coefficient (Wildman–Crippen LogP) is 0.638. The Balaban J connectivity index is 2.49. The summed E-state index contributed by atoms with van der Waals surface area (Å²) in [6.45, 7) is 6.09. The lowest BCUT2D eigenvalue weighted by molar-refractivity contribution is -0.131. The fraction of sp³-hybridized carbons (Fsp3) is 0.857. The molecule has 5 heteroatoms. The van der Waals surface area contributed by atoms with Gasteiger partial charge < -0.3 is 16.4 Å². The van der Waals surface area contributed by atoms with E-state index in [0.29, 0.717) is 12.5 Å². The number of carbonyl (C=O) groups excluding carboxylic acids is 2. The summed E-state index contributed by atoms with van der Waals surface area (Å²) < 4.78 is 0. The summed E-state index contributed by atoms with van der Waals surface area (Å²) in [4.78, 5) is 23.8. The van der Waals surface area contributed by atoms with E-state index < -0.39 is 5.41 Å². The van der Waals surface area contributed by atoms with Crippen LogP contribution in [-0.2, 0) is 9.59 Å². The zero-order valence-corrected chi connectivity index (χ0v) is 12.5. The first-order chi connectivity index (χ1) is 8.77. The van der Waals surface area contributed by atoms with Crippen LogP contribution < -0.4 is 16.4 Å². The van der Waals surface area contributed by atoms with Gasteiger partial charge in [-0.15, -0.1) is 0 Å². The summed E-state index contributed by atoms with van der Waals surface area (Å²) in [5.41, 5.74) is 5.32. The molecule has 110 valence electrons. The molecule has 0 aromatic rings. The second-order valence-corrected chi connectivity index (χ2v) is 6.34. The second-order valence-electron chi connectivity index (χ2n) is 6.34. The van der Waals surface area contributed by atoms with Crippen LogP contribution in [0.4, 0.5) is 0 Å². The number of hydrogen-bond acceptors (Lipinski definition) is 3. The maximum absolute atomic E-state index is 12.2. The Morgan fingerprint density at radius 2 is 1.95 bits per heavy atom. The van der Waals surface area contributed by atoms with Crippen LogP contribution in [0.1, 0.15) is 40.0 Å². The normalized spacial score (nSPS) is 27.7. The highest BCUT2D eigenvalue weighted by Gasteiger charge is 2.33. The Kier molecular flexibility index (Phi) is 5.35. The maximum Gasteiger partial charge on any atom is 0.227 e. The quantitative estimate of drug-likeness (QED) is 0.700. The van der Waals surface area contributed by atoms with E-state index in [9.17, 15) is 9.59 Å². The monoisotopic (exact) mass is 269 g/mol. The summed E-state index contributed by atoms with van der Waals surface area (Å²) in [5.74, 6) is 0.329. The summed E-state index contributed by atoms with van der Waals surface area (Å²) in [6.07, 6.45) is 2.65. The van der Waals surface area contributed by atoms with Crippen molar-refractivity contribution >= 4 is 11.8 Å². The van der Waals surface area contributed by atoms with Gasteiger partial charge in [-0.25, -0.2) is 0 Å². The molecule has 0 aromatic heterocycles. The predicted molar refractivity (Wildman–Crippen MR) is 75.3 cm³/mol. The third-order valence-corrected chi connectivity index (χ3v) is 4.09. The molecule has 0 spiro atoms. The zero-order chi connectivity index (χ0) is 14.6. The van der Waals surface area contributed by atoms with Crippen molar-refractivity contribution in [2.45, 2.75) is 46.1 Å². The molecule has 0 radical (unpaired) electrons. The van der Waals surface area contributed by atoms with Gasteiger partial charge in [0.2, 0.25) is 11.8 Å². The first kappa shape index (κ1) is 16.0. The van der Waals surface area contributed by atoms with Crippen LogP contribution in [0, 0.1) is 17.3 Å². The lowest BCUT2D eigenvalue weighted by atomic mass is 9.77. The van der Waals surface area contributed by atoms with Crippen LogP contribution in [-0.4, -0.2) is 31.4 Å². The van der Waals surface area contributed by atoms with Gasteiger partial charge in [-0.1, -0.05) is 6.92 Å². The molecule has 0 aromatic carbocycles. The molecule has 19 heavy (non-hydrogen) atoms. The molecule has 0 aliphatic heterocycles. The van der Waals surface area contributed by atoms with E-state index in [1.54, 1.807) is 7.05 Å². The van der Waals surface area contributed by atoms with E-state index in [2.05, 4.69) is 17.6 Å². The number of hydrogen-bond donors (Lipinski definition) is 3. The molecule has 0 heterocycles. The smallest absolute Gasteiger partial charge is 0.227 e. The van der Waals surface area contributed by atoms with Gasteiger partial charge in [-0.05, 0) is 39.0 Å². The SMILES string of the molecule is CNC(=O)C(C)(C)CNC(=O)C1CCC(N)CC1C. The summed E-state index contributed by atoms with van der Waals surface area (Å²) >= 11 is 0. The highest BCUT2D eigenvalue weighted by molar-refractivity contribution is 5.83. The largest absolute Gasteiger partial charge is 0.359 e. The fourth-order valence-electron chi connectivity index (χ4n) is 2.69. The van der Waals surface area contributed by atoms with Crippen molar-refractivity contribution in [2.75, 3.05) is 13.6 Å². The van der Waals surface area contributed by atoms with E-state index in [-0.39, 0.29) is 23.8 Å². The first-order valence-corrected chi connectivity index (χ1v) is 7.03. The first-order valence-electron chi connectivity index (χ1n) is 7.03. The highest BCUT2D eigenvalue weighted by atomic mass is 16.2. The molecule has 1 aliphatic carbocycles. The maximum atomic E-state index is 12.2. The van der Waals surface area contributed by atoms with Gasteiger partial charge >= 0.3 is 0 Å². The number of carbonyl (C=O) groups is 2. The van der Waals surface area contributed by atoms with E-state index in [1.807, 2.05) is 13.8 Å². The van der Waals surface area contributed by atoms with E-state index in [1.165, 1.54) is 0 Å². The van der Waals surface area contributed by atoms with E-state index in [0.717, 1.165) is 19.3 Å². The topological polar surface area (TPSA) is 84.2 Å². The molecule has 0 saturated heterocycles. The minimum absolute atomic E-state index is 0.0280. The van der Waals surface area contributed by atoms with E-state index in [4.69, 9.17) is 5.73 Å². The molecular weight excluding hydrogens is 242 g/mol. The van der Waals surface area contributed by atoms with Crippen molar-refractivity contribution in [3.63, 3.8) is 0 Å². The Bertz CT molecular complexity index is 342. The molecule has 1 fully saturated rings. The molecule has 3 unspecified atom stereocenters. The molecule has 3 atom stereocenters. The number of amides is 2. The molecule has 4 N–H and O–H groups in total. The molecule has 2 amide bonds. The molecule has 5 nitrogen and oxygen atoms in total. The van der Waals surface area contributed by atoms with Crippen LogP contribution in [0.3, 0.4) is 0 Å². The lowest BCUT2D eigenvalue weighted by Crippen LogP contribution is -2.47. The zero-order valence-electron chi connectivity index (χ0n) is 12.5. The van der Waals surface area contributed by atoms with Crippen LogP contribution in [0.25, 0.3) is 0 Å². The van der Waals surface area contributed by atoms with Crippen LogP contribution in [0.5, 0.6) is 0 Å². The van der Waals surface area contributed by atoms with Crippen molar-refractivity contribution in [3.8, 4) is 0 Å². The number of nitrogens with two attached hydrogens (primary N) is 1. The van der Waals surface area contributed by atoms with Crippen LogP contribution in [0.15, 0.2) is 0 Å². The van der Waals surface area contributed by atoms with Gasteiger partial charge in [0.1, 0.15) is 0 Å². The van der Waals surface area contributed by atoms with Gasteiger partial charge in [0.05, 0.1) is 5.41 Å². The van der Waals surface area contributed by atoms with Gasteiger partial charge in [-0.3, -0.25) is 9.59 Å². The summed E-state index contributed by atoms with van der Waals surface area (Å²) in [5, 5.41) is 5.53. The summed E-state index contributed by atoms with van der Waals surface area (Å²) in [6, 6.07) is 0.223. The molecular formula is C14H27N3O2. The lowest BCUT2D eigenvalue weighted by Gasteiger charge is -2.32. The van der Waals surface area contributed by atoms with Crippen molar-refractivity contribution in [1.29, 1.82) is 0 Å². The van der Waals surface area contributed by atoms with Crippen molar-refractivity contribution in [2.24, 2.45) is 23.0 Å². The highest BCUT2D eigenvalue weighted by Crippen LogP contribution is 2.29. The van der Waals surface area contributed by atoms with Gasteiger partial charge in [-0.2, -0.15) is 0 Å². The third-order valence-electron chi connectivity index (χ3n) is 4.09. The fourth-order valence-corrected chi connectivity index (χ4v) is 2.69. The molecule has 1 saturated carbocycles. The Morgan fingerprint density at radius 1 is 1.32 bits per heavy atom.